The Morgan fingerprint density at radius 3 is 2.33 bits per heavy atom. The zero-order chi connectivity index (χ0) is 20.1. The Labute approximate surface area is 164 Å². The summed E-state index contributed by atoms with van der Waals surface area (Å²) in [6.45, 7) is 7.78. The van der Waals surface area contributed by atoms with Gasteiger partial charge in [-0.25, -0.2) is 17.7 Å². The van der Waals surface area contributed by atoms with Crippen LogP contribution in [0.4, 0.5) is 0 Å². The number of nitrogens with one attached hydrogen (secondary N) is 2. The van der Waals surface area contributed by atoms with Gasteiger partial charge in [0.25, 0.3) is 0 Å². The van der Waals surface area contributed by atoms with E-state index < -0.39 is 10.0 Å². The first kappa shape index (κ1) is 23.4. The van der Waals surface area contributed by atoms with Crippen molar-refractivity contribution in [2.45, 2.75) is 44.6 Å². The summed E-state index contributed by atoms with van der Waals surface area (Å²) in [6, 6.07) is 6.83. The Morgan fingerprint density at radius 2 is 1.74 bits per heavy atom. The normalized spacial score (nSPS) is 12.4. The summed E-state index contributed by atoms with van der Waals surface area (Å²) in [7, 11) is -0.347. The van der Waals surface area contributed by atoms with Crippen LogP contribution in [0.5, 0.6) is 0 Å². The van der Waals surface area contributed by atoms with Gasteiger partial charge in [0.05, 0.1) is 11.4 Å². The van der Waals surface area contributed by atoms with E-state index >= 15 is 0 Å². The van der Waals surface area contributed by atoms with Gasteiger partial charge in [-0.2, -0.15) is 0 Å². The van der Waals surface area contributed by atoms with Crippen LogP contribution in [0.25, 0.3) is 0 Å². The van der Waals surface area contributed by atoms with Crippen molar-refractivity contribution in [1.82, 2.24) is 14.9 Å². The third kappa shape index (κ3) is 8.73. The van der Waals surface area contributed by atoms with E-state index in [9.17, 15) is 8.42 Å². The third-order valence-corrected chi connectivity index (χ3v) is 5.70. The molecule has 0 spiro atoms. The zero-order valence-electron chi connectivity index (χ0n) is 17.0. The number of unbranched alkanes of at least 4 members (excludes halogenated alkanes) is 1. The first-order valence-corrected chi connectivity index (χ1v) is 11.0. The molecule has 0 radical (unpaired) electrons. The lowest BCUT2D eigenvalue weighted by Gasteiger charge is -2.12. The lowest BCUT2D eigenvalue weighted by Crippen LogP contribution is -2.38. The summed E-state index contributed by atoms with van der Waals surface area (Å²) in [5.41, 5.74) is 0.952. The van der Waals surface area contributed by atoms with Gasteiger partial charge in [-0.05, 0) is 37.5 Å². The summed E-state index contributed by atoms with van der Waals surface area (Å²) >= 11 is 0. The van der Waals surface area contributed by atoms with Crippen LogP contribution < -0.4 is 10.6 Å². The zero-order valence-corrected chi connectivity index (χ0v) is 17.8. The second kappa shape index (κ2) is 12.7. The van der Waals surface area contributed by atoms with Crippen LogP contribution >= 0.6 is 0 Å². The van der Waals surface area contributed by atoms with Crippen molar-refractivity contribution in [3.63, 3.8) is 0 Å². The topological polar surface area (TPSA) is 83.0 Å². The molecule has 0 aliphatic carbocycles. The molecule has 0 bridgehead atoms. The molecule has 0 atom stereocenters. The highest BCUT2D eigenvalue weighted by Gasteiger charge is 2.16. The highest BCUT2D eigenvalue weighted by molar-refractivity contribution is 7.89. The van der Waals surface area contributed by atoms with Crippen molar-refractivity contribution in [3.8, 4) is 0 Å². The van der Waals surface area contributed by atoms with E-state index in [1.807, 2.05) is 6.92 Å². The first-order chi connectivity index (χ1) is 12.9. The molecule has 0 unspecified atom stereocenters. The minimum atomic E-state index is -3.40. The minimum absolute atomic E-state index is 0.285. The molecule has 0 saturated carbocycles. The molecular formula is C19H34N4O3S. The molecule has 154 valence electrons. The van der Waals surface area contributed by atoms with Crippen LogP contribution in [0, 0.1) is 0 Å². The van der Waals surface area contributed by atoms with Crippen LogP contribution in [-0.2, 0) is 21.3 Å². The molecule has 1 aromatic rings. The van der Waals surface area contributed by atoms with Crippen LogP contribution in [-0.4, -0.2) is 59.1 Å². The summed E-state index contributed by atoms with van der Waals surface area (Å²) < 4.78 is 30.9. The fourth-order valence-electron chi connectivity index (χ4n) is 2.22. The number of guanidine groups is 1. The smallest absolute Gasteiger partial charge is 0.242 e. The second-order valence-corrected chi connectivity index (χ2v) is 8.52. The van der Waals surface area contributed by atoms with Crippen molar-refractivity contribution in [2.24, 2.45) is 4.99 Å². The molecule has 2 N–H and O–H groups in total. The predicted molar refractivity (Wildman–Crippen MR) is 110 cm³/mol. The summed E-state index contributed by atoms with van der Waals surface area (Å²) in [4.78, 5) is 4.84. The van der Waals surface area contributed by atoms with Crippen molar-refractivity contribution in [3.05, 3.63) is 29.8 Å². The Morgan fingerprint density at radius 1 is 1.07 bits per heavy atom. The van der Waals surface area contributed by atoms with Gasteiger partial charge < -0.3 is 15.4 Å². The number of nitrogens with zero attached hydrogens (tertiary/aromatic N) is 2. The lowest BCUT2D eigenvalue weighted by molar-refractivity contribution is 0.129. The van der Waals surface area contributed by atoms with Crippen LogP contribution in [0.2, 0.25) is 0 Å². The highest BCUT2D eigenvalue weighted by atomic mass is 32.2. The SMILES string of the molecule is CCCCOCCCNC(=NCc1ccc(S(=O)(=O)N(C)C)cc1)NCC. The van der Waals surface area contributed by atoms with E-state index in [1.54, 1.807) is 24.3 Å². The molecule has 0 aliphatic rings. The van der Waals surface area contributed by atoms with E-state index in [1.165, 1.54) is 18.4 Å². The maximum atomic E-state index is 12.1. The van der Waals surface area contributed by atoms with Crippen molar-refractivity contribution < 1.29 is 13.2 Å². The molecule has 1 aromatic carbocycles. The fraction of sp³-hybridized carbons (Fsp3) is 0.632. The monoisotopic (exact) mass is 398 g/mol. The largest absolute Gasteiger partial charge is 0.381 e. The Kier molecular flexibility index (Phi) is 11.0. The van der Waals surface area contributed by atoms with Gasteiger partial charge in [-0.1, -0.05) is 25.5 Å². The average Bonchev–Trinajstić information content (AvgIpc) is 2.65. The number of ether oxygens (including phenoxy) is 1. The summed E-state index contributed by atoms with van der Waals surface area (Å²) in [5, 5.41) is 6.50. The Hall–Kier alpha value is -1.64. The molecule has 7 nitrogen and oxygen atoms in total. The predicted octanol–water partition coefficient (Wildman–Crippen LogP) is 2.20. The molecular weight excluding hydrogens is 364 g/mol. The van der Waals surface area contributed by atoms with Gasteiger partial charge in [-0.15, -0.1) is 0 Å². The maximum absolute atomic E-state index is 12.1. The van der Waals surface area contributed by atoms with E-state index in [4.69, 9.17) is 4.74 Å². The number of hydrogen-bond donors (Lipinski definition) is 2. The lowest BCUT2D eigenvalue weighted by atomic mass is 10.2. The fourth-order valence-corrected chi connectivity index (χ4v) is 3.12. The summed E-state index contributed by atoms with van der Waals surface area (Å²) in [5.74, 6) is 0.746. The van der Waals surface area contributed by atoms with E-state index in [2.05, 4.69) is 22.5 Å². The van der Waals surface area contributed by atoms with E-state index in [0.29, 0.717) is 6.54 Å². The molecule has 0 aliphatic heterocycles. The number of hydrogen-bond acceptors (Lipinski definition) is 4. The Balaban J connectivity index is 2.52. The maximum Gasteiger partial charge on any atom is 0.242 e. The minimum Gasteiger partial charge on any atom is -0.381 e. The number of sulfonamides is 1. The van der Waals surface area contributed by atoms with Gasteiger partial charge in [-0.3, -0.25) is 0 Å². The van der Waals surface area contributed by atoms with Gasteiger partial charge in [0, 0.05) is 40.4 Å². The van der Waals surface area contributed by atoms with Gasteiger partial charge in [0.2, 0.25) is 10.0 Å². The van der Waals surface area contributed by atoms with Gasteiger partial charge in [0.15, 0.2) is 5.96 Å². The van der Waals surface area contributed by atoms with Crippen LogP contribution in [0.1, 0.15) is 38.7 Å². The molecule has 0 fully saturated rings. The van der Waals surface area contributed by atoms with Gasteiger partial charge in [0.1, 0.15) is 0 Å². The Bertz CT molecular complexity index is 658. The number of aliphatic imine (C=N–C) groups is 1. The van der Waals surface area contributed by atoms with Crippen LogP contribution in [0.3, 0.4) is 0 Å². The van der Waals surface area contributed by atoms with Crippen LogP contribution in [0.15, 0.2) is 34.2 Å². The number of benzene rings is 1. The van der Waals surface area contributed by atoms with E-state index in [-0.39, 0.29) is 4.90 Å². The molecule has 8 heteroatoms. The number of rotatable bonds is 12. The first-order valence-electron chi connectivity index (χ1n) is 9.53. The molecule has 0 aromatic heterocycles. The highest BCUT2D eigenvalue weighted by Crippen LogP contribution is 2.14. The third-order valence-electron chi connectivity index (χ3n) is 3.87. The van der Waals surface area contributed by atoms with Crippen molar-refractivity contribution in [2.75, 3.05) is 40.4 Å². The second-order valence-electron chi connectivity index (χ2n) is 6.37. The average molecular weight is 399 g/mol. The van der Waals surface area contributed by atoms with Gasteiger partial charge >= 0.3 is 0 Å². The quantitative estimate of drug-likeness (QED) is 0.320. The molecule has 0 saturated heterocycles. The molecule has 0 heterocycles. The van der Waals surface area contributed by atoms with E-state index in [0.717, 1.165) is 57.1 Å². The van der Waals surface area contributed by atoms with Crippen molar-refractivity contribution >= 4 is 16.0 Å². The molecule has 27 heavy (non-hydrogen) atoms. The summed E-state index contributed by atoms with van der Waals surface area (Å²) in [6.07, 6.45) is 3.18. The molecule has 1 rings (SSSR count). The standard InChI is InChI=1S/C19H34N4O3S/c1-5-7-14-26-15-8-13-21-19(20-6-2)22-16-17-9-11-18(12-10-17)27(24,25)23(3)4/h9-12H,5-8,13-16H2,1-4H3,(H2,20,21,22). The molecule has 0 amide bonds. The van der Waals surface area contributed by atoms with Crippen molar-refractivity contribution in [1.29, 1.82) is 0 Å².